The maximum atomic E-state index is 15.4. The molecule has 3 aliphatic heterocycles. The number of rotatable bonds is 8. The van der Waals surface area contributed by atoms with Crippen LogP contribution in [0.2, 0.25) is 5.02 Å². The lowest BCUT2D eigenvalue weighted by Gasteiger charge is -2.31. The molecule has 2 saturated heterocycles. The molecule has 0 spiro atoms. The fraction of sp³-hybridized carbons (Fsp3) is 0.462. The Morgan fingerprint density at radius 3 is 2.73 bits per heavy atom. The smallest absolute Gasteiger partial charge is 0.338 e. The summed E-state index contributed by atoms with van der Waals surface area (Å²) in [5.41, 5.74) is 0.0665. The molecule has 220 valence electrons. The van der Waals surface area contributed by atoms with E-state index < -0.39 is 65.1 Å². The van der Waals surface area contributed by atoms with Gasteiger partial charge in [-0.1, -0.05) is 24.6 Å². The maximum absolute atomic E-state index is 15.4. The van der Waals surface area contributed by atoms with E-state index in [9.17, 15) is 23.5 Å². The summed E-state index contributed by atoms with van der Waals surface area (Å²) in [6.45, 7) is 0.940. The first kappa shape index (κ1) is 29.4. The number of carboxylic acid groups (broad SMARTS) is 1. The number of carbonyl (C=O) groups excluding carboxylic acids is 1. The average Bonchev–Trinajstić information content (AvgIpc) is 3.66. The molecule has 1 aromatic carbocycles. The van der Waals surface area contributed by atoms with E-state index in [1.807, 2.05) is 0 Å². The molecule has 4 heterocycles. The number of ether oxygens (including phenoxy) is 1. The van der Waals surface area contributed by atoms with Crippen LogP contribution in [-0.4, -0.2) is 89.0 Å². The third kappa shape index (κ3) is 5.45. The average molecular weight is 616 g/mol. The predicted octanol–water partition coefficient (Wildman–Crippen LogP) is 3.71. The number of carbonyl (C=O) groups is 2. The minimum Gasteiger partial charge on any atom is -0.481 e. The van der Waals surface area contributed by atoms with Gasteiger partial charge >= 0.3 is 11.9 Å². The van der Waals surface area contributed by atoms with E-state index in [1.54, 1.807) is 5.38 Å². The molecule has 0 amide bonds. The number of hydrogen-bond acceptors (Lipinski definition) is 9. The van der Waals surface area contributed by atoms with Crippen LogP contribution in [-0.2, 0) is 14.3 Å². The summed E-state index contributed by atoms with van der Waals surface area (Å²) >= 11 is 7.40. The number of benzene rings is 1. The van der Waals surface area contributed by atoms with Crippen LogP contribution in [0.4, 0.5) is 17.6 Å². The third-order valence-electron chi connectivity index (χ3n) is 7.60. The van der Waals surface area contributed by atoms with Crippen molar-refractivity contribution >= 4 is 40.7 Å². The molecule has 41 heavy (non-hydrogen) atoms. The van der Waals surface area contributed by atoms with Gasteiger partial charge in [0.25, 0.3) is 5.92 Å². The largest absolute Gasteiger partial charge is 0.481 e. The quantitative estimate of drug-likeness (QED) is 0.263. The van der Waals surface area contributed by atoms with Crippen molar-refractivity contribution in [3.05, 3.63) is 62.2 Å². The number of carboxylic acids is 1. The van der Waals surface area contributed by atoms with Crippen molar-refractivity contribution in [1.29, 1.82) is 0 Å². The summed E-state index contributed by atoms with van der Waals surface area (Å²) in [5, 5.41) is 13.9. The first-order chi connectivity index (χ1) is 19.4. The van der Waals surface area contributed by atoms with Gasteiger partial charge in [0.05, 0.1) is 36.2 Å². The molecular formula is C26H26ClF4N5O4S. The van der Waals surface area contributed by atoms with Crippen LogP contribution in [0.1, 0.15) is 30.0 Å². The number of amidine groups is 1. The summed E-state index contributed by atoms with van der Waals surface area (Å²) in [6, 6.07) is -1.03. The molecule has 1 aromatic heterocycles. The zero-order valence-corrected chi connectivity index (χ0v) is 23.5. The van der Waals surface area contributed by atoms with E-state index in [2.05, 4.69) is 15.3 Å². The van der Waals surface area contributed by atoms with Crippen LogP contribution in [0, 0.1) is 17.6 Å². The molecule has 15 heteroatoms. The topological polar surface area (TPSA) is 107 Å². The zero-order valence-electron chi connectivity index (χ0n) is 21.9. The number of likely N-dealkylation sites (tertiary alicyclic amines) is 2. The van der Waals surface area contributed by atoms with Crippen molar-refractivity contribution in [2.45, 2.75) is 37.4 Å². The normalized spacial score (nSPS) is 25.0. The monoisotopic (exact) mass is 615 g/mol. The first-order valence-corrected chi connectivity index (χ1v) is 14.0. The van der Waals surface area contributed by atoms with Gasteiger partial charge in [0.15, 0.2) is 22.5 Å². The minimum atomic E-state index is -3.16. The van der Waals surface area contributed by atoms with Gasteiger partial charge in [-0.05, 0) is 12.5 Å². The second kappa shape index (κ2) is 11.3. The molecule has 0 bridgehead atoms. The molecule has 0 saturated carbocycles. The van der Waals surface area contributed by atoms with Crippen LogP contribution >= 0.6 is 22.9 Å². The van der Waals surface area contributed by atoms with Crippen molar-refractivity contribution in [2.24, 2.45) is 10.9 Å². The minimum absolute atomic E-state index is 0.0154. The van der Waals surface area contributed by atoms with E-state index in [-0.39, 0.29) is 42.3 Å². The van der Waals surface area contributed by atoms with Crippen molar-refractivity contribution < 1.29 is 37.0 Å². The van der Waals surface area contributed by atoms with Crippen molar-refractivity contribution in [1.82, 2.24) is 20.1 Å². The van der Waals surface area contributed by atoms with Crippen LogP contribution in [0.3, 0.4) is 0 Å². The highest BCUT2D eigenvalue weighted by atomic mass is 35.5. The summed E-state index contributed by atoms with van der Waals surface area (Å²) in [7, 11) is 1.13. The van der Waals surface area contributed by atoms with Gasteiger partial charge in [0.1, 0.15) is 6.04 Å². The van der Waals surface area contributed by atoms with E-state index >= 15 is 8.78 Å². The third-order valence-corrected chi connectivity index (χ3v) is 8.77. The van der Waals surface area contributed by atoms with E-state index in [0.717, 1.165) is 13.2 Å². The molecule has 0 aliphatic carbocycles. The number of methoxy groups -OCH3 is 1. The number of nitrogens with zero attached hydrogens (tertiary/aromatic N) is 4. The van der Waals surface area contributed by atoms with Crippen LogP contribution in [0.25, 0.3) is 0 Å². The highest BCUT2D eigenvalue weighted by Gasteiger charge is 2.59. The van der Waals surface area contributed by atoms with Crippen molar-refractivity contribution in [2.75, 3.05) is 33.3 Å². The van der Waals surface area contributed by atoms with Gasteiger partial charge in [-0.15, -0.1) is 11.3 Å². The van der Waals surface area contributed by atoms with Crippen molar-refractivity contribution in [3.8, 4) is 0 Å². The number of hydrogen-bond donors (Lipinski definition) is 2. The van der Waals surface area contributed by atoms with Crippen LogP contribution in [0.15, 0.2) is 40.0 Å². The van der Waals surface area contributed by atoms with Crippen LogP contribution < -0.4 is 5.32 Å². The first-order valence-electron chi connectivity index (χ1n) is 12.7. The van der Waals surface area contributed by atoms with Gasteiger partial charge in [-0.3, -0.25) is 19.6 Å². The summed E-state index contributed by atoms with van der Waals surface area (Å²) in [5.74, 6) is -8.22. The number of aliphatic carboxylic acids is 1. The SMILES string of the molecule is COC(=O)C1=C(CN2CC(F)(F)[C@H]3[C@@H]2CCN3C[C@H](C)C(=O)O)NC(c2nccs2)=N[C@H]1c1ccc(F)c(F)c1Cl. The predicted molar refractivity (Wildman–Crippen MR) is 142 cm³/mol. The number of fused-ring (bicyclic) bond motifs is 1. The number of halogens is 5. The zero-order chi connectivity index (χ0) is 29.6. The Bertz CT molecular complexity index is 1420. The summed E-state index contributed by atoms with van der Waals surface area (Å²) < 4.78 is 64.3. The lowest BCUT2D eigenvalue weighted by atomic mass is 9.95. The number of thiazole rings is 1. The lowest BCUT2D eigenvalue weighted by Crippen LogP contribution is -2.47. The summed E-state index contributed by atoms with van der Waals surface area (Å²) in [6.07, 6.45) is 1.89. The summed E-state index contributed by atoms with van der Waals surface area (Å²) in [4.78, 5) is 36.4. The molecule has 2 aromatic rings. The highest BCUT2D eigenvalue weighted by Crippen LogP contribution is 2.43. The Morgan fingerprint density at radius 1 is 1.32 bits per heavy atom. The number of aliphatic imine (C=N–C) groups is 1. The number of esters is 1. The van der Waals surface area contributed by atoms with Crippen LogP contribution in [0.5, 0.6) is 0 Å². The lowest BCUT2D eigenvalue weighted by molar-refractivity contribution is -0.142. The number of nitrogens with one attached hydrogen (secondary N) is 1. The molecule has 4 atom stereocenters. The van der Waals surface area contributed by atoms with Gasteiger partial charge in [-0.25, -0.2) is 27.3 Å². The fourth-order valence-corrected chi connectivity index (χ4v) is 6.60. The Hall–Kier alpha value is -3.07. The van der Waals surface area contributed by atoms with Crippen molar-refractivity contribution in [3.63, 3.8) is 0 Å². The van der Waals surface area contributed by atoms with Gasteiger partial charge in [0, 0.05) is 48.5 Å². The Morgan fingerprint density at radius 2 is 2.07 bits per heavy atom. The fourth-order valence-electron chi connectivity index (χ4n) is 5.76. The molecule has 0 radical (unpaired) electrons. The van der Waals surface area contributed by atoms with E-state index in [0.29, 0.717) is 11.4 Å². The van der Waals surface area contributed by atoms with Gasteiger partial charge in [-0.2, -0.15) is 0 Å². The molecule has 2 fully saturated rings. The maximum Gasteiger partial charge on any atom is 0.338 e. The van der Waals surface area contributed by atoms with E-state index in [4.69, 9.17) is 16.3 Å². The number of alkyl halides is 2. The van der Waals surface area contributed by atoms with E-state index in [1.165, 1.54) is 40.3 Å². The second-order valence-corrected chi connectivity index (χ2v) is 11.5. The molecule has 3 aliphatic rings. The van der Waals surface area contributed by atoms with Gasteiger partial charge in [0.2, 0.25) is 0 Å². The number of aromatic nitrogens is 1. The Balaban J connectivity index is 1.55. The molecular weight excluding hydrogens is 590 g/mol. The van der Waals surface area contributed by atoms with Gasteiger partial charge < -0.3 is 15.2 Å². The Kier molecular flexibility index (Phi) is 8.12. The standard InChI is InChI=1S/C26H26ClF4N5O4S/c1-12(24(37)38)9-35-7-5-16-21(35)26(30,31)11-36(16)10-15-17(25(39)40-2)20(13-3-4-14(28)19(29)18(13)27)34-22(33-15)23-32-6-8-41-23/h3-4,6,8,12,16,20-21H,5,7,9-11H2,1-2H3,(H,33,34)(H,37,38)/t12-,16-,20-,21+/m0/s1. The molecule has 0 unspecified atom stereocenters. The Labute approximate surface area is 241 Å². The molecule has 2 N–H and O–H groups in total. The highest BCUT2D eigenvalue weighted by molar-refractivity contribution is 7.11. The molecule has 5 rings (SSSR count). The second-order valence-electron chi connectivity index (χ2n) is 10.2. The molecule has 9 nitrogen and oxygen atoms in total.